The number of nitro benzene ring substituents is 1. The van der Waals surface area contributed by atoms with Crippen molar-refractivity contribution in [3.63, 3.8) is 0 Å². The molecule has 0 radical (unpaired) electrons. The zero-order valence-electron chi connectivity index (χ0n) is 14.7. The fourth-order valence-electron chi connectivity index (χ4n) is 3.67. The predicted molar refractivity (Wildman–Crippen MR) is 97.0 cm³/mol. The number of nitro groups is 1. The fraction of sp³-hybridized carbons (Fsp3) is 0.556. The highest BCUT2D eigenvalue weighted by atomic mass is 16.6. The van der Waals surface area contributed by atoms with Crippen molar-refractivity contribution in [2.24, 2.45) is 0 Å². The Morgan fingerprint density at radius 1 is 1.19 bits per heavy atom. The molecule has 0 spiro atoms. The van der Waals surface area contributed by atoms with Gasteiger partial charge in [-0.15, -0.1) is 0 Å². The summed E-state index contributed by atoms with van der Waals surface area (Å²) in [5.41, 5.74) is 0.705. The normalized spacial score (nSPS) is 18.3. The molecule has 1 aromatic rings. The lowest BCUT2D eigenvalue weighted by Gasteiger charge is -2.36. The number of nitrogens with zero attached hydrogens (tertiary/aromatic N) is 4. The van der Waals surface area contributed by atoms with E-state index in [1.165, 1.54) is 25.3 Å². The van der Waals surface area contributed by atoms with E-state index in [0.29, 0.717) is 31.9 Å². The van der Waals surface area contributed by atoms with Crippen molar-refractivity contribution in [2.45, 2.75) is 38.1 Å². The first-order valence-electron chi connectivity index (χ1n) is 9.07. The summed E-state index contributed by atoms with van der Waals surface area (Å²) in [5, 5.41) is 23.4. The Hall–Kier alpha value is -2.82. The number of nitriles is 1. The molecule has 8 heteroatoms. The Labute approximate surface area is 152 Å². The van der Waals surface area contributed by atoms with E-state index in [9.17, 15) is 14.9 Å². The molecule has 1 saturated heterocycles. The summed E-state index contributed by atoms with van der Waals surface area (Å²) < 4.78 is 0. The van der Waals surface area contributed by atoms with Crippen molar-refractivity contribution in [3.8, 4) is 6.07 Å². The predicted octanol–water partition coefficient (Wildman–Crippen LogP) is 2.63. The number of rotatable bonds is 3. The highest BCUT2D eigenvalue weighted by Crippen LogP contribution is 2.30. The van der Waals surface area contributed by atoms with E-state index in [1.54, 1.807) is 17.0 Å². The van der Waals surface area contributed by atoms with Gasteiger partial charge in [-0.1, -0.05) is 19.3 Å². The first-order chi connectivity index (χ1) is 12.6. The van der Waals surface area contributed by atoms with Gasteiger partial charge >= 0.3 is 6.03 Å². The molecule has 1 aliphatic heterocycles. The fourth-order valence-corrected chi connectivity index (χ4v) is 3.67. The second kappa shape index (κ2) is 8.04. The molecule has 2 aliphatic rings. The van der Waals surface area contributed by atoms with Gasteiger partial charge in [-0.25, -0.2) is 4.79 Å². The number of anilines is 1. The van der Waals surface area contributed by atoms with Crippen LogP contribution >= 0.6 is 0 Å². The highest BCUT2D eigenvalue weighted by Gasteiger charge is 2.27. The number of nitrogens with one attached hydrogen (secondary N) is 1. The SMILES string of the molecule is N#Cc1ccc(N2CCN(C(=O)NC3CCCCC3)CC2)c([N+](=O)[O-])c1. The summed E-state index contributed by atoms with van der Waals surface area (Å²) in [5.74, 6) is 0. The molecule has 1 heterocycles. The molecule has 1 aromatic carbocycles. The van der Waals surface area contributed by atoms with Gasteiger partial charge in [0, 0.05) is 38.3 Å². The third-order valence-corrected chi connectivity index (χ3v) is 5.14. The molecule has 0 unspecified atom stereocenters. The van der Waals surface area contributed by atoms with Gasteiger partial charge in [0.05, 0.1) is 16.6 Å². The summed E-state index contributed by atoms with van der Waals surface area (Å²) >= 11 is 0. The molecule has 2 amide bonds. The van der Waals surface area contributed by atoms with Crippen molar-refractivity contribution >= 4 is 17.4 Å². The minimum absolute atomic E-state index is 0.0362. The first-order valence-corrected chi connectivity index (χ1v) is 9.07. The smallest absolute Gasteiger partial charge is 0.317 e. The maximum atomic E-state index is 12.4. The van der Waals surface area contributed by atoms with Crippen LogP contribution in [-0.2, 0) is 0 Å². The average molecular weight is 357 g/mol. The second-order valence-corrected chi connectivity index (χ2v) is 6.83. The Kier molecular flexibility index (Phi) is 5.56. The molecule has 8 nitrogen and oxygen atoms in total. The van der Waals surface area contributed by atoms with Crippen LogP contribution in [0, 0.1) is 21.4 Å². The average Bonchev–Trinajstić information content (AvgIpc) is 2.68. The molecular formula is C18H23N5O3. The summed E-state index contributed by atoms with van der Waals surface area (Å²) in [6.07, 6.45) is 5.67. The second-order valence-electron chi connectivity index (χ2n) is 6.83. The Morgan fingerprint density at radius 3 is 2.50 bits per heavy atom. The summed E-state index contributed by atoms with van der Waals surface area (Å²) in [6, 6.07) is 6.68. The minimum atomic E-state index is -0.460. The van der Waals surface area contributed by atoms with Gasteiger partial charge in [-0.2, -0.15) is 5.26 Å². The van der Waals surface area contributed by atoms with Crippen LogP contribution in [0.5, 0.6) is 0 Å². The molecule has 3 rings (SSSR count). The number of amides is 2. The van der Waals surface area contributed by atoms with Crippen molar-refractivity contribution < 1.29 is 9.72 Å². The van der Waals surface area contributed by atoms with Gasteiger partial charge in [0.25, 0.3) is 5.69 Å². The van der Waals surface area contributed by atoms with Gasteiger partial charge in [0.2, 0.25) is 0 Å². The number of carbonyl (C=O) groups is 1. The van der Waals surface area contributed by atoms with Gasteiger partial charge in [-0.05, 0) is 25.0 Å². The van der Waals surface area contributed by atoms with E-state index in [0.717, 1.165) is 12.8 Å². The largest absolute Gasteiger partial charge is 0.362 e. The van der Waals surface area contributed by atoms with E-state index >= 15 is 0 Å². The van der Waals surface area contributed by atoms with Crippen LogP contribution < -0.4 is 10.2 Å². The molecular weight excluding hydrogens is 334 g/mol. The van der Waals surface area contributed by atoms with Crippen molar-refractivity contribution in [2.75, 3.05) is 31.1 Å². The molecule has 0 bridgehead atoms. The van der Waals surface area contributed by atoms with E-state index < -0.39 is 4.92 Å². The maximum Gasteiger partial charge on any atom is 0.317 e. The summed E-state index contributed by atoms with van der Waals surface area (Å²) in [7, 11) is 0. The van der Waals surface area contributed by atoms with Crippen LogP contribution in [0.15, 0.2) is 18.2 Å². The Morgan fingerprint density at radius 2 is 1.88 bits per heavy atom. The Balaban J connectivity index is 1.61. The number of benzene rings is 1. The van der Waals surface area contributed by atoms with E-state index in [-0.39, 0.29) is 23.3 Å². The summed E-state index contributed by atoms with van der Waals surface area (Å²) in [4.78, 5) is 27.0. The third kappa shape index (κ3) is 4.04. The van der Waals surface area contributed by atoms with Crippen LogP contribution in [-0.4, -0.2) is 48.1 Å². The zero-order valence-corrected chi connectivity index (χ0v) is 14.7. The molecule has 1 aliphatic carbocycles. The lowest BCUT2D eigenvalue weighted by atomic mass is 9.96. The lowest BCUT2D eigenvalue weighted by Crippen LogP contribution is -2.53. The molecule has 2 fully saturated rings. The van der Waals surface area contributed by atoms with Crippen LogP contribution in [0.3, 0.4) is 0 Å². The molecule has 138 valence electrons. The number of piperazine rings is 1. The summed E-state index contributed by atoms with van der Waals surface area (Å²) in [6.45, 7) is 2.11. The van der Waals surface area contributed by atoms with Gasteiger partial charge in [0.1, 0.15) is 5.69 Å². The quantitative estimate of drug-likeness (QED) is 0.662. The third-order valence-electron chi connectivity index (χ3n) is 5.14. The van der Waals surface area contributed by atoms with Crippen LogP contribution in [0.4, 0.5) is 16.2 Å². The number of hydrogen-bond acceptors (Lipinski definition) is 5. The van der Waals surface area contributed by atoms with Crippen molar-refractivity contribution in [3.05, 3.63) is 33.9 Å². The highest BCUT2D eigenvalue weighted by molar-refractivity contribution is 5.75. The van der Waals surface area contributed by atoms with Gasteiger partial charge in [-0.3, -0.25) is 10.1 Å². The lowest BCUT2D eigenvalue weighted by molar-refractivity contribution is -0.384. The van der Waals surface area contributed by atoms with Gasteiger partial charge < -0.3 is 15.1 Å². The van der Waals surface area contributed by atoms with Crippen LogP contribution in [0.2, 0.25) is 0 Å². The molecule has 1 saturated carbocycles. The molecule has 0 atom stereocenters. The standard InChI is InChI=1S/C18H23N5O3/c19-13-14-6-7-16(17(12-14)23(25)26)21-8-10-22(11-9-21)18(24)20-15-4-2-1-3-5-15/h6-7,12,15H,1-5,8-11H2,(H,20,24). The minimum Gasteiger partial charge on any atom is -0.362 e. The molecule has 26 heavy (non-hydrogen) atoms. The number of urea groups is 1. The zero-order chi connectivity index (χ0) is 18.5. The van der Waals surface area contributed by atoms with Crippen molar-refractivity contribution in [1.29, 1.82) is 5.26 Å². The van der Waals surface area contributed by atoms with E-state index in [1.807, 2.05) is 11.0 Å². The van der Waals surface area contributed by atoms with E-state index in [2.05, 4.69) is 5.32 Å². The molecule has 0 aromatic heterocycles. The first kappa shape index (κ1) is 18.0. The van der Waals surface area contributed by atoms with Crippen LogP contribution in [0.25, 0.3) is 0 Å². The number of hydrogen-bond donors (Lipinski definition) is 1. The maximum absolute atomic E-state index is 12.4. The van der Waals surface area contributed by atoms with Crippen molar-refractivity contribution in [1.82, 2.24) is 10.2 Å². The molecule has 1 N–H and O–H groups in total. The monoisotopic (exact) mass is 357 g/mol. The Bertz CT molecular complexity index is 716. The van der Waals surface area contributed by atoms with Crippen LogP contribution in [0.1, 0.15) is 37.7 Å². The number of carbonyl (C=O) groups excluding carboxylic acids is 1. The topological polar surface area (TPSA) is 103 Å². The van der Waals surface area contributed by atoms with Gasteiger partial charge in [0.15, 0.2) is 0 Å². The van der Waals surface area contributed by atoms with E-state index in [4.69, 9.17) is 5.26 Å².